The molecule has 1 unspecified atom stereocenters. The van der Waals surface area contributed by atoms with Gasteiger partial charge in [0, 0.05) is 25.8 Å². The Morgan fingerprint density at radius 3 is 2.86 bits per heavy atom. The number of nitrogens with zero attached hydrogens (tertiary/aromatic N) is 1. The minimum Gasteiger partial charge on any atom is -0.378 e. The molecular weight excluding hydrogens is 172 g/mol. The van der Waals surface area contributed by atoms with E-state index in [-0.39, 0.29) is 6.04 Å². The summed E-state index contributed by atoms with van der Waals surface area (Å²) < 4.78 is 0. The monoisotopic (exact) mass is 190 g/mol. The van der Waals surface area contributed by atoms with E-state index in [0.717, 1.165) is 6.42 Å². The zero-order valence-electron chi connectivity index (χ0n) is 8.96. The van der Waals surface area contributed by atoms with E-state index < -0.39 is 0 Å². The first-order valence-electron chi connectivity index (χ1n) is 5.24. The van der Waals surface area contributed by atoms with E-state index in [4.69, 9.17) is 5.73 Å². The Morgan fingerprint density at radius 1 is 1.36 bits per heavy atom. The van der Waals surface area contributed by atoms with Gasteiger partial charge in [-0.05, 0) is 42.5 Å². The van der Waals surface area contributed by atoms with Crippen LogP contribution in [-0.2, 0) is 6.42 Å². The summed E-state index contributed by atoms with van der Waals surface area (Å²) in [5.74, 6) is 0. The second-order valence-electron chi connectivity index (χ2n) is 4.28. The molecule has 2 heteroatoms. The quantitative estimate of drug-likeness (QED) is 0.734. The van der Waals surface area contributed by atoms with E-state index in [1.54, 1.807) is 0 Å². The van der Waals surface area contributed by atoms with Gasteiger partial charge in [0.05, 0.1) is 0 Å². The highest BCUT2D eigenvalue weighted by molar-refractivity contribution is 5.51. The lowest BCUT2D eigenvalue weighted by molar-refractivity contribution is 0.570. The minimum absolute atomic E-state index is 0.259. The number of nitrogens with two attached hydrogens (primary N) is 1. The molecule has 1 atom stereocenters. The maximum absolute atomic E-state index is 6.06. The van der Waals surface area contributed by atoms with Gasteiger partial charge in [-0.2, -0.15) is 0 Å². The number of fused-ring (bicyclic) bond motifs is 1. The van der Waals surface area contributed by atoms with Crippen LogP contribution in [0.4, 0.5) is 5.69 Å². The average Bonchev–Trinajstić information content (AvgIpc) is 2.17. The summed E-state index contributed by atoms with van der Waals surface area (Å²) in [5.41, 5.74) is 10.1. The number of hydrogen-bond donors (Lipinski definition) is 1. The Hall–Kier alpha value is -1.02. The molecule has 1 aliphatic rings. The van der Waals surface area contributed by atoms with Crippen LogP contribution in [0.5, 0.6) is 0 Å². The van der Waals surface area contributed by atoms with Crippen LogP contribution >= 0.6 is 0 Å². The van der Waals surface area contributed by atoms with Gasteiger partial charge in [0.25, 0.3) is 0 Å². The highest BCUT2D eigenvalue weighted by Crippen LogP contribution is 2.30. The molecule has 0 amide bonds. The summed E-state index contributed by atoms with van der Waals surface area (Å²) in [4.78, 5) is 2.14. The molecule has 2 rings (SSSR count). The maximum atomic E-state index is 6.06. The lowest BCUT2D eigenvalue weighted by atomic mass is 9.88. The van der Waals surface area contributed by atoms with E-state index in [9.17, 15) is 0 Å². The molecule has 0 aliphatic heterocycles. The number of anilines is 1. The predicted octanol–water partition coefficient (Wildman–Crippen LogP) is 2.09. The van der Waals surface area contributed by atoms with Gasteiger partial charge in [0.1, 0.15) is 0 Å². The molecule has 0 saturated carbocycles. The Kier molecular flexibility index (Phi) is 2.46. The van der Waals surface area contributed by atoms with E-state index in [1.807, 2.05) is 0 Å². The smallest absolute Gasteiger partial charge is 0.0363 e. The molecule has 1 aromatic rings. The first-order chi connectivity index (χ1) is 6.68. The summed E-state index contributed by atoms with van der Waals surface area (Å²) in [5, 5.41) is 0. The Bertz CT molecular complexity index is 331. The Morgan fingerprint density at radius 2 is 2.14 bits per heavy atom. The molecule has 2 nitrogen and oxygen atoms in total. The van der Waals surface area contributed by atoms with Crippen LogP contribution in [0.3, 0.4) is 0 Å². The molecule has 0 fully saturated rings. The summed E-state index contributed by atoms with van der Waals surface area (Å²) in [6.07, 6.45) is 3.55. The standard InChI is InChI=1S/C12H18N2/c1-14(2)10-6-7-11-9(8-10)4-3-5-12(11)13/h6-8,12H,3-5,13H2,1-2H3. The van der Waals surface area contributed by atoms with E-state index in [0.29, 0.717) is 0 Å². The SMILES string of the molecule is CN(C)c1ccc2c(c1)CCCC2N. The molecule has 0 saturated heterocycles. The van der Waals surface area contributed by atoms with Crippen molar-refractivity contribution < 1.29 is 0 Å². The maximum Gasteiger partial charge on any atom is 0.0363 e. The van der Waals surface area contributed by atoms with Crippen molar-refractivity contribution in [1.82, 2.24) is 0 Å². The normalized spacial score (nSPS) is 20.4. The summed E-state index contributed by atoms with van der Waals surface area (Å²) in [6, 6.07) is 6.88. The minimum atomic E-state index is 0.259. The van der Waals surface area contributed by atoms with Crippen LogP contribution in [0, 0.1) is 0 Å². The van der Waals surface area contributed by atoms with Gasteiger partial charge < -0.3 is 10.6 Å². The molecule has 1 aromatic carbocycles. The third-order valence-corrected chi connectivity index (χ3v) is 3.00. The zero-order valence-corrected chi connectivity index (χ0v) is 8.96. The molecule has 0 heterocycles. The van der Waals surface area contributed by atoms with Crippen molar-refractivity contribution in [2.45, 2.75) is 25.3 Å². The van der Waals surface area contributed by atoms with Gasteiger partial charge in [0.2, 0.25) is 0 Å². The summed E-state index contributed by atoms with van der Waals surface area (Å²) in [7, 11) is 4.15. The van der Waals surface area contributed by atoms with Crippen molar-refractivity contribution >= 4 is 5.69 Å². The third-order valence-electron chi connectivity index (χ3n) is 3.00. The second kappa shape index (κ2) is 3.62. The molecule has 0 spiro atoms. The predicted molar refractivity (Wildman–Crippen MR) is 60.6 cm³/mol. The fourth-order valence-electron chi connectivity index (χ4n) is 2.12. The molecule has 0 radical (unpaired) electrons. The molecule has 2 N–H and O–H groups in total. The molecule has 0 aromatic heterocycles. The van der Waals surface area contributed by atoms with E-state index in [1.165, 1.54) is 29.7 Å². The van der Waals surface area contributed by atoms with Gasteiger partial charge in [-0.25, -0.2) is 0 Å². The van der Waals surface area contributed by atoms with Gasteiger partial charge >= 0.3 is 0 Å². The molecule has 1 aliphatic carbocycles. The number of rotatable bonds is 1. The van der Waals surface area contributed by atoms with Crippen LogP contribution in [0.25, 0.3) is 0 Å². The number of hydrogen-bond acceptors (Lipinski definition) is 2. The summed E-state index contributed by atoms with van der Waals surface area (Å²) >= 11 is 0. The first-order valence-corrected chi connectivity index (χ1v) is 5.24. The van der Waals surface area contributed by atoms with Crippen molar-refractivity contribution in [3.63, 3.8) is 0 Å². The van der Waals surface area contributed by atoms with Crippen LogP contribution < -0.4 is 10.6 Å². The zero-order chi connectivity index (χ0) is 10.1. The van der Waals surface area contributed by atoms with Crippen LogP contribution in [0.1, 0.15) is 30.0 Å². The molecular formula is C12H18N2. The van der Waals surface area contributed by atoms with Crippen molar-refractivity contribution in [2.24, 2.45) is 5.73 Å². The van der Waals surface area contributed by atoms with Crippen molar-refractivity contribution in [3.05, 3.63) is 29.3 Å². The van der Waals surface area contributed by atoms with Crippen LogP contribution in [0.2, 0.25) is 0 Å². The third kappa shape index (κ3) is 1.62. The van der Waals surface area contributed by atoms with E-state index >= 15 is 0 Å². The van der Waals surface area contributed by atoms with Gasteiger partial charge in [-0.3, -0.25) is 0 Å². The van der Waals surface area contributed by atoms with Crippen LogP contribution in [-0.4, -0.2) is 14.1 Å². The Balaban J connectivity index is 2.39. The number of aryl methyl sites for hydroxylation is 1. The fraction of sp³-hybridized carbons (Fsp3) is 0.500. The van der Waals surface area contributed by atoms with Crippen molar-refractivity contribution in [3.8, 4) is 0 Å². The largest absolute Gasteiger partial charge is 0.378 e. The van der Waals surface area contributed by atoms with Crippen LogP contribution in [0.15, 0.2) is 18.2 Å². The molecule has 0 bridgehead atoms. The highest BCUT2D eigenvalue weighted by Gasteiger charge is 2.16. The van der Waals surface area contributed by atoms with Gasteiger partial charge in [0.15, 0.2) is 0 Å². The Labute approximate surface area is 85.7 Å². The van der Waals surface area contributed by atoms with Crippen molar-refractivity contribution in [2.75, 3.05) is 19.0 Å². The van der Waals surface area contributed by atoms with Gasteiger partial charge in [-0.1, -0.05) is 6.07 Å². The van der Waals surface area contributed by atoms with E-state index in [2.05, 4.69) is 37.2 Å². The number of benzene rings is 1. The molecule has 76 valence electrons. The van der Waals surface area contributed by atoms with Crippen molar-refractivity contribution in [1.29, 1.82) is 0 Å². The molecule has 14 heavy (non-hydrogen) atoms. The lowest BCUT2D eigenvalue weighted by Crippen LogP contribution is -2.18. The fourth-order valence-corrected chi connectivity index (χ4v) is 2.12. The summed E-state index contributed by atoms with van der Waals surface area (Å²) in [6.45, 7) is 0. The second-order valence-corrected chi connectivity index (χ2v) is 4.28. The van der Waals surface area contributed by atoms with Gasteiger partial charge in [-0.15, -0.1) is 0 Å². The highest BCUT2D eigenvalue weighted by atomic mass is 15.1. The average molecular weight is 190 g/mol. The lowest BCUT2D eigenvalue weighted by Gasteiger charge is -2.24. The topological polar surface area (TPSA) is 29.3 Å². The first kappa shape index (κ1) is 9.53.